The Kier molecular flexibility index (Phi) is 4.23. The molecule has 1 aromatic carbocycles. The second-order valence-electron chi connectivity index (χ2n) is 4.11. The third-order valence-electron chi connectivity index (χ3n) is 2.93. The standard InChI is InChI=1S/C13H17NO2/c1-9(10(2)13(14)16)12(15)8-11-6-4-3-5-7-11/h3-7,9-10H,8H2,1-2H3,(H2,14,16). The van der Waals surface area contributed by atoms with E-state index in [1.807, 2.05) is 30.3 Å². The highest BCUT2D eigenvalue weighted by Crippen LogP contribution is 2.14. The molecule has 86 valence electrons. The highest BCUT2D eigenvalue weighted by molar-refractivity contribution is 5.88. The molecule has 0 bridgehead atoms. The van der Waals surface area contributed by atoms with Gasteiger partial charge >= 0.3 is 0 Å². The van der Waals surface area contributed by atoms with Gasteiger partial charge in [0.05, 0.1) is 0 Å². The first-order valence-corrected chi connectivity index (χ1v) is 5.38. The molecule has 3 heteroatoms. The second-order valence-corrected chi connectivity index (χ2v) is 4.11. The molecule has 0 aliphatic heterocycles. The van der Waals surface area contributed by atoms with E-state index in [0.29, 0.717) is 6.42 Å². The second kappa shape index (κ2) is 5.45. The number of rotatable bonds is 5. The van der Waals surface area contributed by atoms with Crippen LogP contribution in [-0.4, -0.2) is 11.7 Å². The van der Waals surface area contributed by atoms with Gasteiger partial charge in [-0.25, -0.2) is 0 Å². The molecule has 0 saturated carbocycles. The van der Waals surface area contributed by atoms with Crippen molar-refractivity contribution in [3.05, 3.63) is 35.9 Å². The molecule has 3 nitrogen and oxygen atoms in total. The molecule has 1 rings (SSSR count). The van der Waals surface area contributed by atoms with Crippen LogP contribution in [0.4, 0.5) is 0 Å². The topological polar surface area (TPSA) is 60.2 Å². The average molecular weight is 219 g/mol. The van der Waals surface area contributed by atoms with Gasteiger partial charge in [0, 0.05) is 18.3 Å². The first-order chi connectivity index (χ1) is 7.52. The molecule has 0 radical (unpaired) electrons. The molecule has 1 aromatic rings. The van der Waals surface area contributed by atoms with E-state index in [9.17, 15) is 9.59 Å². The van der Waals surface area contributed by atoms with Gasteiger partial charge in [-0.15, -0.1) is 0 Å². The summed E-state index contributed by atoms with van der Waals surface area (Å²) in [7, 11) is 0. The van der Waals surface area contributed by atoms with Gasteiger partial charge in [0.2, 0.25) is 5.91 Å². The summed E-state index contributed by atoms with van der Waals surface area (Å²) in [6, 6.07) is 9.50. The largest absolute Gasteiger partial charge is 0.369 e. The Morgan fingerprint density at radius 2 is 1.69 bits per heavy atom. The molecule has 0 fully saturated rings. The molecule has 2 N–H and O–H groups in total. The number of carbonyl (C=O) groups is 2. The number of Topliss-reactive ketones (excluding diaryl/α,β-unsaturated/α-hetero) is 1. The molecule has 0 aliphatic carbocycles. The molecular formula is C13H17NO2. The number of carbonyl (C=O) groups excluding carboxylic acids is 2. The van der Waals surface area contributed by atoms with Crippen molar-refractivity contribution in [1.82, 2.24) is 0 Å². The van der Waals surface area contributed by atoms with Crippen molar-refractivity contribution in [2.75, 3.05) is 0 Å². The first-order valence-electron chi connectivity index (χ1n) is 5.38. The molecule has 0 aliphatic rings. The Balaban J connectivity index is 2.63. The lowest BCUT2D eigenvalue weighted by atomic mass is 9.88. The van der Waals surface area contributed by atoms with E-state index in [0.717, 1.165) is 5.56 Å². The molecule has 16 heavy (non-hydrogen) atoms. The van der Waals surface area contributed by atoms with Crippen LogP contribution in [0.3, 0.4) is 0 Å². The molecule has 0 spiro atoms. The monoisotopic (exact) mass is 219 g/mol. The lowest BCUT2D eigenvalue weighted by Crippen LogP contribution is -2.31. The van der Waals surface area contributed by atoms with Crippen LogP contribution in [0.25, 0.3) is 0 Å². The Labute approximate surface area is 95.6 Å². The minimum absolute atomic E-state index is 0.0532. The third-order valence-corrected chi connectivity index (χ3v) is 2.93. The van der Waals surface area contributed by atoms with Gasteiger partial charge in [-0.05, 0) is 5.56 Å². The molecule has 0 saturated heterocycles. The van der Waals surface area contributed by atoms with E-state index in [2.05, 4.69) is 0 Å². The van der Waals surface area contributed by atoms with E-state index in [1.165, 1.54) is 0 Å². The fourth-order valence-corrected chi connectivity index (χ4v) is 1.48. The lowest BCUT2D eigenvalue weighted by molar-refractivity contribution is -0.130. The minimum atomic E-state index is -0.422. The molecule has 0 aromatic heterocycles. The summed E-state index contributed by atoms with van der Waals surface area (Å²) in [5.74, 6) is -1.10. The van der Waals surface area contributed by atoms with E-state index < -0.39 is 11.8 Å². The quantitative estimate of drug-likeness (QED) is 0.816. The normalized spacial score (nSPS) is 14.1. The summed E-state index contributed by atoms with van der Waals surface area (Å²) in [6.45, 7) is 3.44. The maximum Gasteiger partial charge on any atom is 0.220 e. The molecule has 1 amide bonds. The number of hydrogen-bond donors (Lipinski definition) is 1. The molecular weight excluding hydrogens is 202 g/mol. The van der Waals surface area contributed by atoms with Crippen LogP contribution in [0.5, 0.6) is 0 Å². The molecule has 2 unspecified atom stereocenters. The van der Waals surface area contributed by atoms with Gasteiger partial charge < -0.3 is 5.73 Å². The summed E-state index contributed by atoms with van der Waals surface area (Å²) in [6.07, 6.45) is 0.361. The van der Waals surface area contributed by atoms with Gasteiger partial charge in [-0.1, -0.05) is 44.2 Å². The van der Waals surface area contributed by atoms with Crippen molar-refractivity contribution in [1.29, 1.82) is 0 Å². The van der Waals surface area contributed by atoms with Crippen LogP contribution in [0.1, 0.15) is 19.4 Å². The Morgan fingerprint density at radius 3 is 2.19 bits per heavy atom. The van der Waals surface area contributed by atoms with Crippen molar-refractivity contribution in [2.24, 2.45) is 17.6 Å². The molecule has 2 atom stereocenters. The van der Waals surface area contributed by atoms with Crippen LogP contribution in [0, 0.1) is 11.8 Å². The van der Waals surface area contributed by atoms with Gasteiger partial charge in [-0.3, -0.25) is 9.59 Å². The number of benzene rings is 1. The zero-order valence-electron chi connectivity index (χ0n) is 9.64. The number of amides is 1. The zero-order valence-corrected chi connectivity index (χ0v) is 9.64. The summed E-state index contributed by atoms with van der Waals surface area (Å²) in [5.41, 5.74) is 6.15. The SMILES string of the molecule is CC(C(N)=O)C(C)C(=O)Cc1ccccc1. The fraction of sp³-hybridized carbons (Fsp3) is 0.385. The number of primary amides is 1. The third kappa shape index (κ3) is 3.19. The van der Waals surface area contributed by atoms with E-state index in [-0.39, 0.29) is 11.7 Å². The number of hydrogen-bond acceptors (Lipinski definition) is 2. The van der Waals surface area contributed by atoms with Gasteiger partial charge in [0.1, 0.15) is 5.78 Å². The maximum atomic E-state index is 11.9. The smallest absolute Gasteiger partial charge is 0.220 e. The summed E-state index contributed by atoms with van der Waals surface area (Å²) < 4.78 is 0. The highest BCUT2D eigenvalue weighted by Gasteiger charge is 2.23. The lowest BCUT2D eigenvalue weighted by Gasteiger charge is -2.15. The van der Waals surface area contributed by atoms with Crippen LogP contribution < -0.4 is 5.73 Å². The highest BCUT2D eigenvalue weighted by atomic mass is 16.1. The summed E-state index contributed by atoms with van der Waals surface area (Å²) in [4.78, 5) is 22.8. The van der Waals surface area contributed by atoms with Crippen molar-refractivity contribution >= 4 is 11.7 Å². The average Bonchev–Trinajstić information content (AvgIpc) is 2.28. The predicted molar refractivity (Wildman–Crippen MR) is 62.7 cm³/mol. The van der Waals surface area contributed by atoms with Crippen molar-refractivity contribution in [3.63, 3.8) is 0 Å². The van der Waals surface area contributed by atoms with Crippen LogP contribution in [-0.2, 0) is 16.0 Å². The van der Waals surface area contributed by atoms with Crippen LogP contribution in [0.2, 0.25) is 0 Å². The zero-order chi connectivity index (χ0) is 12.1. The number of ketones is 1. The van der Waals surface area contributed by atoms with Gasteiger partial charge in [0.25, 0.3) is 0 Å². The van der Waals surface area contributed by atoms with Gasteiger partial charge in [-0.2, -0.15) is 0 Å². The van der Waals surface area contributed by atoms with Crippen molar-refractivity contribution in [2.45, 2.75) is 20.3 Å². The molecule has 0 heterocycles. The van der Waals surface area contributed by atoms with E-state index in [4.69, 9.17) is 5.73 Å². The van der Waals surface area contributed by atoms with Crippen LogP contribution in [0.15, 0.2) is 30.3 Å². The first kappa shape index (κ1) is 12.4. The van der Waals surface area contributed by atoms with Crippen LogP contribution >= 0.6 is 0 Å². The van der Waals surface area contributed by atoms with Crippen molar-refractivity contribution in [3.8, 4) is 0 Å². The van der Waals surface area contributed by atoms with Gasteiger partial charge in [0.15, 0.2) is 0 Å². The fourth-order valence-electron chi connectivity index (χ4n) is 1.48. The summed E-state index contributed by atoms with van der Waals surface area (Å²) in [5, 5.41) is 0. The Bertz CT molecular complexity index is 373. The van der Waals surface area contributed by atoms with Crippen molar-refractivity contribution < 1.29 is 9.59 Å². The Morgan fingerprint density at radius 1 is 1.12 bits per heavy atom. The predicted octanol–water partition coefficient (Wildman–Crippen LogP) is 1.56. The minimum Gasteiger partial charge on any atom is -0.369 e. The maximum absolute atomic E-state index is 11.9. The number of nitrogens with two attached hydrogens (primary N) is 1. The Hall–Kier alpha value is -1.64. The summed E-state index contributed by atoms with van der Waals surface area (Å²) >= 11 is 0. The van der Waals surface area contributed by atoms with E-state index >= 15 is 0 Å². The van der Waals surface area contributed by atoms with E-state index in [1.54, 1.807) is 13.8 Å².